The fraction of sp³-hybridized carbons (Fsp3) is 0.312. The third-order valence-electron chi connectivity index (χ3n) is 3.21. The van der Waals surface area contributed by atoms with Crippen molar-refractivity contribution < 1.29 is 9.84 Å². The van der Waals surface area contributed by atoms with Crippen LogP contribution in [0.3, 0.4) is 0 Å². The van der Waals surface area contributed by atoms with Crippen molar-refractivity contribution in [3.8, 4) is 5.75 Å². The fourth-order valence-electron chi connectivity index (χ4n) is 1.96. The molecule has 0 aliphatic carbocycles. The van der Waals surface area contributed by atoms with Gasteiger partial charge in [0.25, 0.3) is 0 Å². The van der Waals surface area contributed by atoms with Crippen LogP contribution in [0.4, 0.5) is 0 Å². The van der Waals surface area contributed by atoms with Gasteiger partial charge in [-0.3, -0.25) is 4.98 Å². The lowest BCUT2D eigenvalue weighted by Crippen LogP contribution is -2.02. The molecule has 0 radical (unpaired) electrons. The number of ether oxygens (including phenoxy) is 1. The maximum atomic E-state index is 10.4. The second-order valence-electron chi connectivity index (χ2n) is 4.63. The molecular formula is C16H19NO2. The molecule has 19 heavy (non-hydrogen) atoms. The van der Waals surface area contributed by atoms with Gasteiger partial charge in [-0.2, -0.15) is 0 Å². The largest absolute Gasteiger partial charge is 0.492 e. The predicted molar refractivity (Wildman–Crippen MR) is 75.4 cm³/mol. The average Bonchev–Trinajstić information content (AvgIpc) is 2.42. The topological polar surface area (TPSA) is 42.4 Å². The van der Waals surface area contributed by atoms with E-state index in [2.05, 4.69) is 11.9 Å². The van der Waals surface area contributed by atoms with Crippen molar-refractivity contribution >= 4 is 0 Å². The summed E-state index contributed by atoms with van der Waals surface area (Å²) in [5, 5.41) is 10.4. The van der Waals surface area contributed by atoms with Gasteiger partial charge < -0.3 is 9.84 Å². The molecule has 1 unspecified atom stereocenters. The Hall–Kier alpha value is -1.87. The summed E-state index contributed by atoms with van der Waals surface area (Å²) in [4.78, 5) is 4.10. The Morgan fingerprint density at radius 1 is 1.11 bits per heavy atom. The van der Waals surface area contributed by atoms with E-state index in [1.54, 1.807) is 12.4 Å². The molecule has 0 saturated carbocycles. The van der Waals surface area contributed by atoms with E-state index in [1.165, 1.54) is 11.1 Å². The van der Waals surface area contributed by atoms with Gasteiger partial charge in [0, 0.05) is 11.8 Å². The lowest BCUT2D eigenvalue weighted by atomic mass is 9.99. The number of pyridine rings is 1. The zero-order chi connectivity index (χ0) is 13.8. The van der Waals surface area contributed by atoms with Crippen molar-refractivity contribution in [1.82, 2.24) is 4.98 Å². The van der Waals surface area contributed by atoms with Crippen molar-refractivity contribution in [3.63, 3.8) is 0 Å². The van der Waals surface area contributed by atoms with Gasteiger partial charge in [-0.25, -0.2) is 0 Å². The van der Waals surface area contributed by atoms with Crippen LogP contribution in [0.5, 0.6) is 5.75 Å². The standard InChI is InChI=1S/C16H19NO2/c1-4-19-15-8-14(9-17-10-15)16(18)13-6-5-11(2)12(3)7-13/h5-10,16,18H,4H2,1-3H3. The van der Waals surface area contributed by atoms with Crippen LogP contribution in [0.2, 0.25) is 0 Å². The highest BCUT2D eigenvalue weighted by Crippen LogP contribution is 2.25. The van der Waals surface area contributed by atoms with Crippen LogP contribution in [-0.2, 0) is 0 Å². The van der Waals surface area contributed by atoms with Crippen molar-refractivity contribution in [3.05, 3.63) is 58.9 Å². The Balaban J connectivity index is 2.29. The summed E-state index contributed by atoms with van der Waals surface area (Å²) in [5.74, 6) is 0.683. The van der Waals surface area contributed by atoms with E-state index >= 15 is 0 Å². The Kier molecular flexibility index (Phi) is 4.17. The summed E-state index contributed by atoms with van der Waals surface area (Å²) in [5.41, 5.74) is 4.01. The minimum absolute atomic E-state index is 0.588. The van der Waals surface area contributed by atoms with E-state index in [0.29, 0.717) is 12.4 Å². The number of benzene rings is 1. The molecule has 1 heterocycles. The third kappa shape index (κ3) is 3.12. The summed E-state index contributed by atoms with van der Waals surface area (Å²) in [6.45, 7) is 6.61. The number of nitrogens with zero attached hydrogens (tertiary/aromatic N) is 1. The second kappa shape index (κ2) is 5.85. The molecule has 0 fully saturated rings. The minimum atomic E-state index is -0.674. The summed E-state index contributed by atoms with van der Waals surface area (Å²) in [6.07, 6.45) is 2.65. The SMILES string of the molecule is CCOc1cncc(C(O)c2ccc(C)c(C)c2)c1. The molecule has 2 rings (SSSR count). The summed E-state index contributed by atoms with van der Waals surface area (Å²) >= 11 is 0. The molecule has 0 bridgehead atoms. The first-order valence-corrected chi connectivity index (χ1v) is 6.44. The quantitative estimate of drug-likeness (QED) is 0.914. The number of hydrogen-bond acceptors (Lipinski definition) is 3. The van der Waals surface area contributed by atoms with Gasteiger partial charge in [-0.05, 0) is 43.5 Å². The van der Waals surface area contributed by atoms with Gasteiger partial charge in [-0.1, -0.05) is 18.2 Å². The Morgan fingerprint density at radius 3 is 2.58 bits per heavy atom. The van der Waals surface area contributed by atoms with E-state index in [9.17, 15) is 5.11 Å². The highest BCUT2D eigenvalue weighted by molar-refractivity contribution is 5.36. The fourth-order valence-corrected chi connectivity index (χ4v) is 1.96. The highest BCUT2D eigenvalue weighted by Gasteiger charge is 2.12. The molecule has 0 saturated heterocycles. The van der Waals surface area contributed by atoms with E-state index in [1.807, 2.05) is 38.1 Å². The van der Waals surface area contributed by atoms with Crippen LogP contribution in [0.25, 0.3) is 0 Å². The van der Waals surface area contributed by atoms with E-state index in [0.717, 1.165) is 11.1 Å². The Bertz CT molecular complexity index is 566. The van der Waals surface area contributed by atoms with Crippen molar-refractivity contribution in [2.45, 2.75) is 26.9 Å². The van der Waals surface area contributed by atoms with Crippen LogP contribution >= 0.6 is 0 Å². The van der Waals surface area contributed by atoms with E-state index in [-0.39, 0.29) is 0 Å². The molecule has 3 nitrogen and oxygen atoms in total. The zero-order valence-electron chi connectivity index (χ0n) is 11.6. The smallest absolute Gasteiger partial charge is 0.137 e. The first kappa shape index (κ1) is 13.6. The lowest BCUT2D eigenvalue weighted by molar-refractivity contribution is 0.219. The number of rotatable bonds is 4. The number of aliphatic hydroxyl groups is 1. The number of hydrogen-bond donors (Lipinski definition) is 1. The molecule has 1 N–H and O–H groups in total. The molecule has 2 aromatic rings. The van der Waals surface area contributed by atoms with Gasteiger partial charge in [-0.15, -0.1) is 0 Å². The average molecular weight is 257 g/mol. The highest BCUT2D eigenvalue weighted by atomic mass is 16.5. The molecule has 1 atom stereocenters. The van der Waals surface area contributed by atoms with Crippen LogP contribution in [0.15, 0.2) is 36.7 Å². The summed E-state index contributed by atoms with van der Waals surface area (Å²) in [7, 11) is 0. The molecule has 1 aromatic carbocycles. The molecule has 1 aromatic heterocycles. The Labute approximate surface area is 113 Å². The van der Waals surface area contributed by atoms with Crippen LogP contribution < -0.4 is 4.74 Å². The number of aromatic nitrogens is 1. The zero-order valence-corrected chi connectivity index (χ0v) is 11.6. The third-order valence-corrected chi connectivity index (χ3v) is 3.21. The summed E-state index contributed by atoms with van der Waals surface area (Å²) < 4.78 is 5.40. The lowest BCUT2D eigenvalue weighted by Gasteiger charge is -2.14. The normalized spacial score (nSPS) is 12.2. The van der Waals surface area contributed by atoms with Crippen LogP contribution in [-0.4, -0.2) is 16.7 Å². The second-order valence-corrected chi connectivity index (χ2v) is 4.63. The molecule has 0 amide bonds. The molecule has 100 valence electrons. The van der Waals surface area contributed by atoms with Crippen LogP contribution in [0.1, 0.15) is 35.3 Å². The maximum absolute atomic E-state index is 10.4. The number of aliphatic hydroxyl groups excluding tert-OH is 1. The van der Waals surface area contributed by atoms with E-state index in [4.69, 9.17) is 4.74 Å². The van der Waals surface area contributed by atoms with Gasteiger partial charge in [0.1, 0.15) is 11.9 Å². The van der Waals surface area contributed by atoms with Gasteiger partial charge in [0.2, 0.25) is 0 Å². The molecule has 0 aliphatic rings. The minimum Gasteiger partial charge on any atom is -0.492 e. The molecule has 3 heteroatoms. The predicted octanol–water partition coefficient (Wildman–Crippen LogP) is 3.18. The molecule has 0 spiro atoms. The summed E-state index contributed by atoms with van der Waals surface area (Å²) in [6, 6.07) is 7.80. The first-order chi connectivity index (χ1) is 9.11. The van der Waals surface area contributed by atoms with Gasteiger partial charge in [0.15, 0.2) is 0 Å². The monoisotopic (exact) mass is 257 g/mol. The number of aryl methyl sites for hydroxylation is 2. The first-order valence-electron chi connectivity index (χ1n) is 6.44. The van der Waals surface area contributed by atoms with E-state index < -0.39 is 6.10 Å². The maximum Gasteiger partial charge on any atom is 0.137 e. The molecule has 0 aliphatic heterocycles. The van der Waals surface area contributed by atoms with Gasteiger partial charge in [0.05, 0.1) is 12.8 Å². The van der Waals surface area contributed by atoms with Crippen molar-refractivity contribution in [2.24, 2.45) is 0 Å². The van der Waals surface area contributed by atoms with Crippen molar-refractivity contribution in [2.75, 3.05) is 6.61 Å². The molecular weight excluding hydrogens is 238 g/mol. The van der Waals surface area contributed by atoms with Crippen molar-refractivity contribution in [1.29, 1.82) is 0 Å². The van der Waals surface area contributed by atoms with Crippen LogP contribution in [0, 0.1) is 13.8 Å². The van der Waals surface area contributed by atoms with Gasteiger partial charge >= 0.3 is 0 Å². The Morgan fingerprint density at radius 2 is 1.89 bits per heavy atom.